The molecule has 2 aliphatic rings. The smallest absolute Gasteiger partial charge is 0.344 e. The van der Waals surface area contributed by atoms with E-state index in [9.17, 15) is 19.2 Å². The van der Waals surface area contributed by atoms with Crippen molar-refractivity contribution >= 4 is 23.8 Å². The molecule has 4 amide bonds. The van der Waals surface area contributed by atoms with Crippen molar-refractivity contribution in [1.29, 1.82) is 0 Å². The highest BCUT2D eigenvalue weighted by Gasteiger charge is 2.52. The van der Waals surface area contributed by atoms with Gasteiger partial charge in [-0.3, -0.25) is 19.8 Å². The molecule has 3 rings (SSSR count). The lowest BCUT2D eigenvalue weighted by molar-refractivity contribution is -0.151. The van der Waals surface area contributed by atoms with E-state index in [4.69, 9.17) is 9.47 Å². The van der Waals surface area contributed by atoms with Crippen molar-refractivity contribution in [1.82, 2.24) is 15.8 Å². The molecule has 2 N–H and O–H groups in total. The van der Waals surface area contributed by atoms with E-state index < -0.39 is 36.0 Å². The highest BCUT2D eigenvalue weighted by Crippen LogP contribution is 2.32. The van der Waals surface area contributed by atoms with E-state index in [1.54, 1.807) is 12.1 Å². The van der Waals surface area contributed by atoms with Crippen LogP contribution in [0.2, 0.25) is 0 Å². The molecule has 1 heterocycles. The van der Waals surface area contributed by atoms with Crippen LogP contribution in [0.3, 0.4) is 0 Å². The maximum absolute atomic E-state index is 12.6. The molecule has 0 unspecified atom stereocenters. The second-order valence-corrected chi connectivity index (χ2v) is 7.32. The molecule has 0 atom stereocenters. The largest absolute Gasteiger partial charge is 0.493 e. The Hall–Kier alpha value is -3.10. The molecule has 1 spiro atoms. The SMILES string of the molecule is Cc1ccc(OCCC(=O)OCC(=O)NN2C(=O)NC3(CCCCC3)C2=O)cc1. The zero-order valence-corrected chi connectivity index (χ0v) is 16.4. The van der Waals surface area contributed by atoms with Crippen LogP contribution in [-0.4, -0.2) is 47.6 Å². The van der Waals surface area contributed by atoms with Crippen molar-refractivity contribution in [2.24, 2.45) is 0 Å². The Labute approximate surface area is 168 Å². The number of hydrogen-bond donors (Lipinski definition) is 2. The molecule has 0 radical (unpaired) electrons. The van der Waals surface area contributed by atoms with Gasteiger partial charge in [-0.2, -0.15) is 5.01 Å². The number of benzene rings is 1. The summed E-state index contributed by atoms with van der Waals surface area (Å²) in [5.74, 6) is -1.20. The first-order chi connectivity index (χ1) is 13.9. The molecular weight excluding hydrogens is 378 g/mol. The molecule has 1 aromatic carbocycles. The van der Waals surface area contributed by atoms with Crippen LogP contribution in [0.5, 0.6) is 5.75 Å². The Morgan fingerprint density at radius 3 is 2.52 bits per heavy atom. The summed E-state index contributed by atoms with van der Waals surface area (Å²) >= 11 is 0. The van der Waals surface area contributed by atoms with Crippen molar-refractivity contribution in [2.45, 2.75) is 51.0 Å². The van der Waals surface area contributed by atoms with E-state index in [1.165, 1.54) is 0 Å². The number of ether oxygens (including phenoxy) is 2. The van der Waals surface area contributed by atoms with Crippen molar-refractivity contribution in [3.05, 3.63) is 29.8 Å². The van der Waals surface area contributed by atoms with E-state index in [-0.39, 0.29) is 13.0 Å². The average molecular weight is 403 g/mol. The second-order valence-electron chi connectivity index (χ2n) is 7.32. The minimum absolute atomic E-state index is 0.0343. The number of amides is 4. The predicted octanol–water partition coefficient (Wildman–Crippen LogP) is 1.59. The number of hydrazine groups is 1. The minimum atomic E-state index is -0.924. The number of aryl methyl sites for hydroxylation is 1. The van der Waals surface area contributed by atoms with Crippen molar-refractivity contribution in [3.63, 3.8) is 0 Å². The Kier molecular flexibility index (Phi) is 6.36. The highest BCUT2D eigenvalue weighted by atomic mass is 16.5. The number of urea groups is 1. The lowest BCUT2D eigenvalue weighted by Crippen LogP contribution is -2.51. The van der Waals surface area contributed by atoms with E-state index in [0.29, 0.717) is 23.6 Å². The first kappa shape index (κ1) is 20.6. The lowest BCUT2D eigenvalue weighted by Gasteiger charge is -2.30. The fraction of sp³-hybridized carbons (Fsp3) is 0.500. The normalized spacial score (nSPS) is 17.8. The number of imide groups is 1. The number of carbonyl (C=O) groups is 4. The third-order valence-electron chi connectivity index (χ3n) is 5.07. The zero-order chi connectivity index (χ0) is 20.9. The number of rotatable bonds is 7. The van der Waals surface area contributed by atoms with Crippen LogP contribution in [0.25, 0.3) is 0 Å². The quantitative estimate of drug-likeness (QED) is 0.528. The van der Waals surface area contributed by atoms with Gasteiger partial charge >= 0.3 is 12.0 Å². The van der Waals surface area contributed by atoms with Gasteiger partial charge < -0.3 is 14.8 Å². The first-order valence-corrected chi connectivity index (χ1v) is 9.71. The summed E-state index contributed by atoms with van der Waals surface area (Å²) in [6.45, 7) is 1.48. The van der Waals surface area contributed by atoms with E-state index in [1.807, 2.05) is 19.1 Å². The third kappa shape index (κ3) is 5.04. The van der Waals surface area contributed by atoms with Crippen LogP contribution in [0, 0.1) is 6.92 Å². The van der Waals surface area contributed by atoms with Crippen molar-refractivity contribution in [2.75, 3.05) is 13.2 Å². The van der Waals surface area contributed by atoms with Crippen molar-refractivity contribution in [3.8, 4) is 5.75 Å². The van der Waals surface area contributed by atoms with Crippen LogP contribution in [0.4, 0.5) is 4.79 Å². The Morgan fingerprint density at radius 1 is 1.14 bits per heavy atom. The molecule has 156 valence electrons. The van der Waals surface area contributed by atoms with Gasteiger partial charge in [0.25, 0.3) is 11.8 Å². The van der Waals surface area contributed by atoms with E-state index in [2.05, 4.69) is 10.7 Å². The number of hydrogen-bond acceptors (Lipinski definition) is 6. The maximum atomic E-state index is 12.6. The molecule has 9 nitrogen and oxygen atoms in total. The number of carbonyl (C=O) groups excluding carboxylic acids is 4. The molecule has 1 saturated carbocycles. The summed E-state index contributed by atoms with van der Waals surface area (Å²) in [6.07, 6.45) is 3.78. The Morgan fingerprint density at radius 2 is 1.83 bits per heavy atom. The standard InChI is InChI=1S/C20H25N3O6/c1-14-5-7-15(8-6-14)28-12-9-17(25)29-13-16(24)22-23-18(26)20(21-19(23)27)10-3-2-4-11-20/h5-8H,2-4,9-13H2,1H3,(H,21,27)(H,22,24). The summed E-state index contributed by atoms with van der Waals surface area (Å²) in [5.41, 5.74) is 2.39. The molecule has 0 aromatic heterocycles. The minimum Gasteiger partial charge on any atom is -0.493 e. The molecule has 0 bridgehead atoms. The number of nitrogens with zero attached hydrogens (tertiary/aromatic N) is 1. The molecule has 2 fully saturated rings. The van der Waals surface area contributed by atoms with Gasteiger partial charge in [-0.1, -0.05) is 37.0 Å². The van der Waals surface area contributed by atoms with Crippen LogP contribution >= 0.6 is 0 Å². The van der Waals surface area contributed by atoms with Crippen LogP contribution < -0.4 is 15.5 Å². The summed E-state index contributed by atoms with van der Waals surface area (Å²) < 4.78 is 10.3. The molecule has 9 heteroatoms. The summed E-state index contributed by atoms with van der Waals surface area (Å²) in [4.78, 5) is 48.4. The predicted molar refractivity (Wildman–Crippen MR) is 102 cm³/mol. The van der Waals surface area contributed by atoms with Gasteiger partial charge in [0.1, 0.15) is 11.3 Å². The van der Waals surface area contributed by atoms with Gasteiger partial charge in [-0.25, -0.2) is 4.79 Å². The van der Waals surface area contributed by atoms with Crippen LogP contribution in [0.1, 0.15) is 44.1 Å². The van der Waals surface area contributed by atoms with Gasteiger partial charge in [0.2, 0.25) is 0 Å². The van der Waals surface area contributed by atoms with Crippen molar-refractivity contribution < 1.29 is 28.7 Å². The molecule has 1 aromatic rings. The maximum Gasteiger partial charge on any atom is 0.344 e. The molecule has 29 heavy (non-hydrogen) atoms. The van der Waals surface area contributed by atoms with Gasteiger partial charge in [0, 0.05) is 0 Å². The van der Waals surface area contributed by atoms with Gasteiger partial charge in [0.05, 0.1) is 13.0 Å². The average Bonchev–Trinajstić information content (AvgIpc) is 2.92. The van der Waals surface area contributed by atoms with Gasteiger partial charge in [0.15, 0.2) is 6.61 Å². The zero-order valence-electron chi connectivity index (χ0n) is 16.4. The third-order valence-corrected chi connectivity index (χ3v) is 5.07. The number of nitrogens with one attached hydrogen (secondary N) is 2. The van der Waals surface area contributed by atoms with Crippen LogP contribution in [-0.2, 0) is 19.1 Å². The van der Waals surface area contributed by atoms with Gasteiger partial charge in [-0.05, 0) is 31.9 Å². The fourth-order valence-corrected chi connectivity index (χ4v) is 3.48. The lowest BCUT2D eigenvalue weighted by atomic mass is 9.82. The summed E-state index contributed by atoms with van der Waals surface area (Å²) in [5, 5.41) is 3.37. The Balaban J connectivity index is 1.39. The molecule has 1 aliphatic carbocycles. The molecular formula is C20H25N3O6. The number of esters is 1. The summed E-state index contributed by atoms with van der Waals surface area (Å²) in [7, 11) is 0. The second kappa shape index (κ2) is 8.93. The topological polar surface area (TPSA) is 114 Å². The first-order valence-electron chi connectivity index (χ1n) is 9.71. The molecule has 1 saturated heterocycles. The Bertz CT molecular complexity index is 786. The van der Waals surface area contributed by atoms with E-state index >= 15 is 0 Å². The molecule has 1 aliphatic heterocycles. The van der Waals surface area contributed by atoms with Gasteiger partial charge in [-0.15, -0.1) is 0 Å². The summed E-state index contributed by atoms with van der Waals surface area (Å²) in [6, 6.07) is 6.72. The monoisotopic (exact) mass is 403 g/mol. The van der Waals surface area contributed by atoms with E-state index in [0.717, 1.165) is 24.8 Å². The highest BCUT2D eigenvalue weighted by molar-refractivity contribution is 6.08. The fourth-order valence-electron chi connectivity index (χ4n) is 3.48. The van der Waals surface area contributed by atoms with Crippen LogP contribution in [0.15, 0.2) is 24.3 Å².